The van der Waals surface area contributed by atoms with Gasteiger partial charge in [-0.3, -0.25) is 14.4 Å². The Balaban J connectivity index is 2.07. The van der Waals surface area contributed by atoms with Crippen molar-refractivity contribution < 1.29 is 19.1 Å². The Bertz CT molecular complexity index is 657. The van der Waals surface area contributed by atoms with E-state index >= 15 is 0 Å². The third kappa shape index (κ3) is 6.05. The highest BCUT2D eigenvalue weighted by atomic mass is 16.5. The highest BCUT2D eigenvalue weighted by Gasteiger charge is 2.34. The number of piperidine rings is 1. The van der Waals surface area contributed by atoms with Crippen molar-refractivity contribution in [3.8, 4) is 0 Å². The molecule has 3 amide bonds. The van der Waals surface area contributed by atoms with E-state index in [1.54, 1.807) is 29.2 Å². The Hall–Kier alpha value is -2.41. The Morgan fingerprint density at radius 1 is 1.14 bits per heavy atom. The normalized spacial score (nSPS) is 16.9. The number of methoxy groups -OCH3 is 1. The molecule has 7 heteroatoms. The number of nitrogens with one attached hydrogen (secondary N) is 2. The van der Waals surface area contributed by atoms with E-state index in [2.05, 4.69) is 10.6 Å². The molecule has 0 unspecified atom stereocenters. The quantitative estimate of drug-likeness (QED) is 0.707. The zero-order valence-electron chi connectivity index (χ0n) is 16.9. The Morgan fingerprint density at radius 3 is 2.36 bits per heavy atom. The number of hydrogen-bond acceptors (Lipinski definition) is 4. The zero-order chi connectivity index (χ0) is 20.5. The predicted octanol–water partition coefficient (Wildman–Crippen LogP) is 1.58. The topological polar surface area (TPSA) is 87.7 Å². The number of carbonyl (C=O) groups excluding carboxylic acids is 3. The fraction of sp³-hybridized carbons (Fsp3) is 0.571. The number of ether oxygens (including phenoxy) is 1. The van der Waals surface area contributed by atoms with E-state index in [1.165, 1.54) is 7.11 Å². The number of nitrogens with zero attached hydrogens (tertiary/aromatic N) is 1. The lowest BCUT2D eigenvalue weighted by molar-refractivity contribution is -0.136. The van der Waals surface area contributed by atoms with Crippen LogP contribution in [0.15, 0.2) is 30.3 Å². The molecule has 1 saturated heterocycles. The molecule has 1 aliphatic heterocycles. The van der Waals surface area contributed by atoms with Crippen molar-refractivity contribution in [3.63, 3.8) is 0 Å². The number of hydrogen-bond donors (Lipinski definition) is 2. The minimum Gasteiger partial charge on any atom is -0.375 e. The SMILES string of the molecule is CC[C@@H](C)NC(=O)[C@H](NC(=O)c1ccccc1)C1CCN(C(=O)COC)CC1. The largest absolute Gasteiger partial charge is 0.375 e. The van der Waals surface area contributed by atoms with Gasteiger partial charge in [0.25, 0.3) is 5.91 Å². The molecule has 0 bridgehead atoms. The molecule has 0 spiro atoms. The van der Waals surface area contributed by atoms with Crippen molar-refractivity contribution in [2.24, 2.45) is 5.92 Å². The fourth-order valence-corrected chi connectivity index (χ4v) is 3.34. The van der Waals surface area contributed by atoms with E-state index in [1.807, 2.05) is 19.9 Å². The molecule has 154 valence electrons. The smallest absolute Gasteiger partial charge is 0.251 e. The van der Waals surface area contributed by atoms with E-state index in [0.29, 0.717) is 31.5 Å². The van der Waals surface area contributed by atoms with Crippen molar-refractivity contribution in [2.45, 2.75) is 45.2 Å². The van der Waals surface area contributed by atoms with Crippen molar-refractivity contribution in [2.75, 3.05) is 26.8 Å². The third-order valence-corrected chi connectivity index (χ3v) is 5.24. The van der Waals surface area contributed by atoms with Crippen LogP contribution in [0.4, 0.5) is 0 Å². The van der Waals surface area contributed by atoms with E-state index in [0.717, 1.165) is 6.42 Å². The van der Waals surface area contributed by atoms with Crippen LogP contribution in [-0.4, -0.2) is 61.5 Å². The molecular weight excluding hydrogens is 358 g/mol. The van der Waals surface area contributed by atoms with Gasteiger partial charge in [0, 0.05) is 31.8 Å². The molecule has 7 nitrogen and oxygen atoms in total. The summed E-state index contributed by atoms with van der Waals surface area (Å²) in [5, 5.41) is 5.91. The monoisotopic (exact) mass is 389 g/mol. The van der Waals surface area contributed by atoms with E-state index in [9.17, 15) is 14.4 Å². The average Bonchev–Trinajstić information content (AvgIpc) is 2.72. The van der Waals surface area contributed by atoms with E-state index in [4.69, 9.17) is 4.74 Å². The molecule has 1 aromatic rings. The molecule has 0 radical (unpaired) electrons. The first-order valence-corrected chi connectivity index (χ1v) is 9.89. The molecule has 2 N–H and O–H groups in total. The molecule has 1 aliphatic rings. The van der Waals surface area contributed by atoms with Gasteiger partial charge < -0.3 is 20.3 Å². The summed E-state index contributed by atoms with van der Waals surface area (Å²) in [6, 6.07) is 8.30. The van der Waals surface area contributed by atoms with E-state index in [-0.39, 0.29) is 36.3 Å². The number of benzene rings is 1. The maximum Gasteiger partial charge on any atom is 0.251 e. The first-order chi connectivity index (χ1) is 13.5. The third-order valence-electron chi connectivity index (χ3n) is 5.24. The number of amides is 3. The Kier molecular flexibility index (Phi) is 8.44. The molecule has 0 aliphatic carbocycles. The standard InChI is InChI=1S/C21H31N3O4/c1-4-15(2)22-21(27)19(23-20(26)17-8-6-5-7-9-17)16-10-12-24(13-11-16)18(25)14-28-3/h5-9,15-16,19H,4,10-14H2,1-3H3,(H,22,27)(H,23,26)/t15-,19-/m1/s1. The van der Waals surface area contributed by atoms with Crippen LogP contribution >= 0.6 is 0 Å². The summed E-state index contributed by atoms with van der Waals surface area (Å²) in [6.07, 6.45) is 2.13. The molecular formula is C21H31N3O4. The number of likely N-dealkylation sites (tertiary alicyclic amines) is 1. The molecule has 1 fully saturated rings. The van der Waals surface area contributed by atoms with Crippen LogP contribution < -0.4 is 10.6 Å². The fourth-order valence-electron chi connectivity index (χ4n) is 3.34. The minimum absolute atomic E-state index is 0.0247. The van der Waals surface area contributed by atoms with Gasteiger partial charge in [0.1, 0.15) is 12.6 Å². The predicted molar refractivity (Wildman–Crippen MR) is 107 cm³/mol. The lowest BCUT2D eigenvalue weighted by Gasteiger charge is -2.36. The highest BCUT2D eigenvalue weighted by molar-refractivity contribution is 5.97. The first-order valence-electron chi connectivity index (χ1n) is 9.89. The second-order valence-electron chi connectivity index (χ2n) is 7.29. The van der Waals surface area contributed by atoms with Crippen molar-refractivity contribution in [3.05, 3.63) is 35.9 Å². The van der Waals surface area contributed by atoms with Gasteiger partial charge in [-0.05, 0) is 44.2 Å². The molecule has 1 aromatic carbocycles. The summed E-state index contributed by atoms with van der Waals surface area (Å²) >= 11 is 0. The van der Waals surface area contributed by atoms with Crippen molar-refractivity contribution >= 4 is 17.7 Å². The zero-order valence-corrected chi connectivity index (χ0v) is 16.9. The van der Waals surface area contributed by atoms with Crippen LogP contribution in [0.3, 0.4) is 0 Å². The summed E-state index contributed by atoms with van der Waals surface area (Å²) in [5.74, 6) is -0.499. The van der Waals surface area contributed by atoms with Crippen molar-refractivity contribution in [1.82, 2.24) is 15.5 Å². The second-order valence-corrected chi connectivity index (χ2v) is 7.29. The Morgan fingerprint density at radius 2 is 1.79 bits per heavy atom. The van der Waals surface area contributed by atoms with Crippen LogP contribution in [0.1, 0.15) is 43.5 Å². The summed E-state index contributed by atoms with van der Waals surface area (Å²) in [5.41, 5.74) is 0.525. The van der Waals surface area contributed by atoms with Crippen molar-refractivity contribution in [1.29, 1.82) is 0 Å². The lowest BCUT2D eigenvalue weighted by Crippen LogP contribution is -2.55. The highest BCUT2D eigenvalue weighted by Crippen LogP contribution is 2.22. The molecule has 2 atom stereocenters. The van der Waals surface area contributed by atoms with E-state index < -0.39 is 6.04 Å². The first kappa shape index (κ1) is 21.9. The van der Waals surface area contributed by atoms with Crippen LogP contribution in [-0.2, 0) is 14.3 Å². The van der Waals surface area contributed by atoms with Gasteiger partial charge >= 0.3 is 0 Å². The van der Waals surface area contributed by atoms with Crippen LogP contribution in [0, 0.1) is 5.92 Å². The summed E-state index contributed by atoms with van der Waals surface area (Å²) in [6.45, 7) is 5.12. The second kappa shape index (κ2) is 10.8. The Labute approximate surface area is 166 Å². The summed E-state index contributed by atoms with van der Waals surface area (Å²) in [4.78, 5) is 39.3. The summed E-state index contributed by atoms with van der Waals surface area (Å²) < 4.78 is 4.91. The molecule has 28 heavy (non-hydrogen) atoms. The maximum absolute atomic E-state index is 12.9. The molecule has 1 heterocycles. The van der Waals surface area contributed by atoms with Gasteiger partial charge in [0.15, 0.2) is 0 Å². The number of rotatable bonds is 8. The lowest BCUT2D eigenvalue weighted by atomic mass is 9.88. The van der Waals surface area contributed by atoms with Gasteiger partial charge in [0.2, 0.25) is 11.8 Å². The molecule has 0 saturated carbocycles. The number of carbonyl (C=O) groups is 3. The van der Waals surface area contributed by atoms with Gasteiger partial charge in [0.05, 0.1) is 0 Å². The van der Waals surface area contributed by atoms with Gasteiger partial charge in [-0.15, -0.1) is 0 Å². The van der Waals surface area contributed by atoms with Crippen LogP contribution in [0.25, 0.3) is 0 Å². The van der Waals surface area contributed by atoms with Gasteiger partial charge in [-0.1, -0.05) is 25.1 Å². The maximum atomic E-state index is 12.9. The van der Waals surface area contributed by atoms with Gasteiger partial charge in [-0.25, -0.2) is 0 Å². The minimum atomic E-state index is -0.624. The molecule has 0 aromatic heterocycles. The van der Waals surface area contributed by atoms with Gasteiger partial charge in [-0.2, -0.15) is 0 Å². The van der Waals surface area contributed by atoms with Crippen LogP contribution in [0.5, 0.6) is 0 Å². The average molecular weight is 389 g/mol. The molecule has 2 rings (SSSR count). The summed E-state index contributed by atoms with van der Waals surface area (Å²) in [7, 11) is 1.50. The van der Waals surface area contributed by atoms with Crippen LogP contribution in [0.2, 0.25) is 0 Å².